The van der Waals surface area contributed by atoms with Crippen LogP contribution in [-0.2, 0) is 4.79 Å². The fourth-order valence-electron chi connectivity index (χ4n) is 3.14. The van der Waals surface area contributed by atoms with Crippen LogP contribution in [-0.4, -0.2) is 37.0 Å². The molecular weight excluding hydrogens is 346 g/mol. The Bertz CT molecular complexity index is 817. The lowest BCUT2D eigenvalue weighted by molar-refractivity contribution is -0.140. The highest BCUT2D eigenvalue weighted by Crippen LogP contribution is 2.30. The van der Waals surface area contributed by atoms with Crippen molar-refractivity contribution in [2.45, 2.75) is 19.8 Å². The van der Waals surface area contributed by atoms with E-state index in [0.717, 1.165) is 5.56 Å². The molecule has 1 aromatic heterocycles. The number of likely N-dealkylation sites (tertiary alicyclic amines) is 1. The molecule has 2 aromatic rings. The molecule has 1 aliphatic rings. The van der Waals surface area contributed by atoms with E-state index < -0.39 is 0 Å². The van der Waals surface area contributed by atoms with Gasteiger partial charge in [-0.1, -0.05) is 18.2 Å². The molecule has 27 heavy (non-hydrogen) atoms. The highest BCUT2D eigenvalue weighted by molar-refractivity contribution is 5.94. The van der Waals surface area contributed by atoms with Gasteiger partial charge in [-0.2, -0.15) is 0 Å². The van der Waals surface area contributed by atoms with Gasteiger partial charge in [0.2, 0.25) is 0 Å². The maximum Gasteiger partial charge on any atom is 0.314 e. The molecule has 1 saturated heterocycles. The van der Waals surface area contributed by atoms with Gasteiger partial charge in [-0.3, -0.25) is 9.59 Å². The maximum atomic E-state index is 12.5. The van der Waals surface area contributed by atoms with Gasteiger partial charge in [0.05, 0.1) is 24.9 Å². The van der Waals surface area contributed by atoms with Crippen LogP contribution >= 0.6 is 0 Å². The summed E-state index contributed by atoms with van der Waals surface area (Å²) in [6, 6.07) is 7.09. The number of carbonyl (C=O) groups excluding carboxylic acids is 2. The summed E-state index contributed by atoms with van der Waals surface area (Å²) in [6.07, 6.45) is 7.93. The Morgan fingerprint density at radius 2 is 1.96 bits per heavy atom. The number of hydrogen-bond acceptors (Lipinski definition) is 5. The van der Waals surface area contributed by atoms with E-state index in [0.29, 0.717) is 43.0 Å². The minimum Gasteiger partial charge on any atom is -0.493 e. The Labute approximate surface area is 158 Å². The number of carbonyl (C=O) groups is 2. The molecule has 3 rings (SSSR count). The fourth-order valence-corrected chi connectivity index (χ4v) is 3.14. The minimum absolute atomic E-state index is 0.0724. The standard InChI is InChI=1S/C21H23NO5/c1-3-4-15-5-6-18(19(13-15)25-2)27-21(24)16-7-10-22(11-8-16)20(23)17-9-12-26-14-17/h3-6,9,12-14,16H,7-8,10-11H2,1-2H3/b4-3+. The van der Waals surface area contributed by atoms with Gasteiger partial charge in [0.15, 0.2) is 11.5 Å². The van der Waals surface area contributed by atoms with Crippen molar-refractivity contribution in [3.05, 3.63) is 54.0 Å². The van der Waals surface area contributed by atoms with Crippen molar-refractivity contribution in [3.63, 3.8) is 0 Å². The van der Waals surface area contributed by atoms with Crippen LogP contribution in [0.15, 0.2) is 47.3 Å². The Hall–Kier alpha value is -3.02. The van der Waals surface area contributed by atoms with E-state index in [9.17, 15) is 9.59 Å². The molecule has 0 spiro atoms. The lowest BCUT2D eigenvalue weighted by Gasteiger charge is -2.30. The van der Waals surface area contributed by atoms with Crippen LogP contribution in [0.2, 0.25) is 0 Å². The number of ether oxygens (including phenoxy) is 2. The molecule has 1 aromatic carbocycles. The molecule has 1 aliphatic heterocycles. The second-order valence-corrected chi connectivity index (χ2v) is 6.41. The first-order chi connectivity index (χ1) is 13.1. The summed E-state index contributed by atoms with van der Waals surface area (Å²) < 4.78 is 15.9. The third-order valence-electron chi connectivity index (χ3n) is 4.64. The molecule has 0 bridgehead atoms. The topological polar surface area (TPSA) is 69.0 Å². The molecule has 1 fully saturated rings. The Morgan fingerprint density at radius 1 is 1.19 bits per heavy atom. The molecule has 0 N–H and O–H groups in total. The molecular formula is C21H23NO5. The molecule has 2 heterocycles. The van der Waals surface area contributed by atoms with Gasteiger partial charge in [0, 0.05) is 13.1 Å². The SMILES string of the molecule is C/C=C/c1ccc(OC(=O)C2CCN(C(=O)c3ccoc3)CC2)c(OC)c1. The average molecular weight is 369 g/mol. The summed E-state index contributed by atoms with van der Waals surface area (Å²) >= 11 is 0. The lowest BCUT2D eigenvalue weighted by atomic mass is 9.96. The van der Waals surface area contributed by atoms with Crippen LogP contribution in [0.1, 0.15) is 35.7 Å². The van der Waals surface area contributed by atoms with Crippen LogP contribution in [0.4, 0.5) is 0 Å². The summed E-state index contributed by atoms with van der Waals surface area (Å²) in [5.74, 6) is 0.330. The number of furan rings is 1. The Kier molecular flexibility index (Phi) is 5.96. The van der Waals surface area contributed by atoms with Gasteiger partial charge in [0.25, 0.3) is 5.91 Å². The number of allylic oxidation sites excluding steroid dienone is 1. The summed E-state index contributed by atoms with van der Waals surface area (Å²) in [5, 5.41) is 0. The van der Waals surface area contributed by atoms with Crippen molar-refractivity contribution in [3.8, 4) is 11.5 Å². The van der Waals surface area contributed by atoms with Gasteiger partial charge in [0.1, 0.15) is 6.26 Å². The molecule has 142 valence electrons. The number of esters is 1. The van der Waals surface area contributed by atoms with Crippen LogP contribution < -0.4 is 9.47 Å². The Morgan fingerprint density at radius 3 is 2.59 bits per heavy atom. The predicted molar refractivity (Wildman–Crippen MR) is 101 cm³/mol. The molecule has 6 nitrogen and oxygen atoms in total. The highest BCUT2D eigenvalue weighted by Gasteiger charge is 2.29. The molecule has 0 unspecified atom stereocenters. The summed E-state index contributed by atoms with van der Waals surface area (Å²) in [6.45, 7) is 2.96. The Balaban J connectivity index is 1.59. The van der Waals surface area contributed by atoms with Gasteiger partial charge >= 0.3 is 5.97 Å². The van der Waals surface area contributed by atoms with E-state index in [1.807, 2.05) is 31.2 Å². The molecule has 1 amide bonds. The largest absolute Gasteiger partial charge is 0.493 e. The van der Waals surface area contributed by atoms with E-state index >= 15 is 0 Å². The van der Waals surface area contributed by atoms with Crippen LogP contribution in [0.25, 0.3) is 6.08 Å². The van der Waals surface area contributed by atoms with Crippen LogP contribution in [0.5, 0.6) is 11.5 Å². The third-order valence-corrected chi connectivity index (χ3v) is 4.64. The van der Waals surface area contributed by atoms with Crippen molar-refractivity contribution >= 4 is 18.0 Å². The van der Waals surface area contributed by atoms with E-state index in [2.05, 4.69) is 0 Å². The number of amides is 1. The predicted octanol–water partition coefficient (Wildman–Crippen LogP) is 3.78. The summed E-state index contributed by atoms with van der Waals surface area (Å²) in [4.78, 5) is 26.6. The maximum absolute atomic E-state index is 12.5. The van der Waals surface area contributed by atoms with Crippen LogP contribution in [0, 0.1) is 5.92 Å². The second-order valence-electron chi connectivity index (χ2n) is 6.41. The first-order valence-electron chi connectivity index (χ1n) is 8.96. The van der Waals surface area contributed by atoms with E-state index in [-0.39, 0.29) is 17.8 Å². The highest BCUT2D eigenvalue weighted by atomic mass is 16.6. The van der Waals surface area contributed by atoms with Crippen molar-refractivity contribution < 1.29 is 23.5 Å². The molecule has 0 radical (unpaired) electrons. The monoisotopic (exact) mass is 369 g/mol. The lowest BCUT2D eigenvalue weighted by Crippen LogP contribution is -2.41. The van der Waals surface area contributed by atoms with E-state index in [1.54, 1.807) is 24.1 Å². The van der Waals surface area contributed by atoms with Crippen LogP contribution in [0.3, 0.4) is 0 Å². The van der Waals surface area contributed by atoms with Crippen molar-refractivity contribution in [1.29, 1.82) is 0 Å². The molecule has 0 atom stereocenters. The normalized spacial score (nSPS) is 15.1. The molecule has 6 heteroatoms. The van der Waals surface area contributed by atoms with E-state index in [1.165, 1.54) is 12.5 Å². The average Bonchev–Trinajstić information content (AvgIpc) is 3.23. The quantitative estimate of drug-likeness (QED) is 0.593. The minimum atomic E-state index is -0.289. The van der Waals surface area contributed by atoms with Gasteiger partial charge in [-0.05, 0) is 43.5 Å². The summed E-state index contributed by atoms with van der Waals surface area (Å²) in [5.41, 5.74) is 1.50. The zero-order chi connectivity index (χ0) is 19.2. The molecule has 0 aliphatic carbocycles. The second kappa shape index (κ2) is 8.58. The van der Waals surface area contributed by atoms with Gasteiger partial charge < -0.3 is 18.8 Å². The summed E-state index contributed by atoms with van der Waals surface area (Å²) in [7, 11) is 1.55. The van der Waals surface area contributed by atoms with Crippen molar-refractivity contribution in [2.24, 2.45) is 5.92 Å². The first-order valence-corrected chi connectivity index (χ1v) is 8.96. The number of nitrogens with zero attached hydrogens (tertiary/aromatic N) is 1. The van der Waals surface area contributed by atoms with Crippen molar-refractivity contribution in [1.82, 2.24) is 4.90 Å². The third kappa shape index (κ3) is 4.39. The smallest absolute Gasteiger partial charge is 0.314 e. The first kappa shape index (κ1) is 18.8. The number of piperidine rings is 1. The molecule has 0 saturated carbocycles. The number of methoxy groups -OCH3 is 1. The van der Waals surface area contributed by atoms with Gasteiger partial charge in [-0.15, -0.1) is 0 Å². The van der Waals surface area contributed by atoms with Gasteiger partial charge in [-0.25, -0.2) is 0 Å². The zero-order valence-electron chi connectivity index (χ0n) is 15.5. The number of benzene rings is 1. The zero-order valence-corrected chi connectivity index (χ0v) is 15.5. The van der Waals surface area contributed by atoms with E-state index in [4.69, 9.17) is 13.9 Å². The number of rotatable bonds is 5. The van der Waals surface area contributed by atoms with Crippen molar-refractivity contribution in [2.75, 3.05) is 20.2 Å². The fraction of sp³-hybridized carbons (Fsp3) is 0.333. The number of hydrogen-bond donors (Lipinski definition) is 0.